The van der Waals surface area contributed by atoms with Gasteiger partial charge in [-0.15, -0.1) is 0 Å². The Hall–Kier alpha value is -2.45. The molecule has 0 unspecified atom stereocenters. The van der Waals surface area contributed by atoms with Crippen molar-refractivity contribution in [2.75, 3.05) is 25.1 Å². The molecule has 8 heteroatoms. The van der Waals surface area contributed by atoms with Gasteiger partial charge in [-0.05, 0) is 37.1 Å². The predicted octanol–water partition coefficient (Wildman–Crippen LogP) is 3.32. The van der Waals surface area contributed by atoms with Crippen LogP contribution in [-0.4, -0.2) is 47.6 Å². The summed E-state index contributed by atoms with van der Waals surface area (Å²) in [7, 11) is 0. The van der Waals surface area contributed by atoms with Crippen LogP contribution in [0.4, 0.5) is 10.5 Å². The summed E-state index contributed by atoms with van der Waals surface area (Å²) >= 11 is 0. The molecule has 0 aliphatic carbocycles. The summed E-state index contributed by atoms with van der Waals surface area (Å²) in [5.74, 6) is 1.37. The number of aromatic nitrogens is 2. The van der Waals surface area contributed by atoms with Gasteiger partial charge in [0.15, 0.2) is 5.82 Å². The third kappa shape index (κ3) is 4.18. The molecule has 2 atom stereocenters. The van der Waals surface area contributed by atoms with E-state index in [1.807, 2.05) is 38.1 Å². The van der Waals surface area contributed by atoms with Gasteiger partial charge in [0.1, 0.15) is 0 Å². The minimum atomic E-state index is -0.225. The summed E-state index contributed by atoms with van der Waals surface area (Å²) in [5, 5.41) is 9.91. The number of carbonyl (C=O) groups excluding carboxylic acids is 1. The van der Waals surface area contributed by atoms with Crippen molar-refractivity contribution in [1.29, 1.82) is 0 Å². The number of hydrogen-bond donors (Lipinski definition) is 2. The first-order valence-corrected chi connectivity index (χ1v) is 9.76. The van der Waals surface area contributed by atoms with Crippen molar-refractivity contribution >= 4 is 11.7 Å². The topological polar surface area (TPSA) is 98.5 Å². The first kappa shape index (κ1) is 18.9. The number of benzene rings is 1. The van der Waals surface area contributed by atoms with Crippen LogP contribution in [0.5, 0.6) is 0 Å². The molecule has 0 saturated carbocycles. The number of hydrogen-bond acceptors (Lipinski definition) is 6. The van der Waals surface area contributed by atoms with Crippen LogP contribution >= 0.6 is 0 Å². The monoisotopic (exact) mass is 386 g/mol. The van der Waals surface area contributed by atoms with Crippen molar-refractivity contribution in [2.24, 2.45) is 0 Å². The number of carbonyl (C=O) groups is 1. The zero-order valence-corrected chi connectivity index (χ0v) is 16.2. The van der Waals surface area contributed by atoms with E-state index in [0.29, 0.717) is 30.6 Å². The molecule has 1 aromatic carbocycles. The molecule has 8 nitrogen and oxygen atoms in total. The van der Waals surface area contributed by atoms with E-state index in [9.17, 15) is 4.79 Å². The second-order valence-electron chi connectivity index (χ2n) is 7.81. The third-order valence-corrected chi connectivity index (χ3v) is 5.24. The van der Waals surface area contributed by atoms with E-state index >= 15 is 0 Å². The van der Waals surface area contributed by atoms with E-state index in [0.717, 1.165) is 31.4 Å². The molecule has 2 aliphatic rings. The van der Waals surface area contributed by atoms with Gasteiger partial charge in [-0.2, -0.15) is 4.98 Å². The lowest BCUT2D eigenvalue weighted by atomic mass is 9.90. The van der Waals surface area contributed by atoms with E-state index in [4.69, 9.17) is 14.0 Å². The van der Waals surface area contributed by atoms with Gasteiger partial charge in [0.25, 0.3) is 5.89 Å². The number of rotatable bonds is 4. The number of ether oxygens (including phenoxy) is 2. The summed E-state index contributed by atoms with van der Waals surface area (Å²) in [6.45, 7) is 6.01. The molecule has 2 fully saturated rings. The molecule has 3 heterocycles. The maximum Gasteiger partial charge on any atom is 0.319 e. The average molecular weight is 386 g/mol. The van der Waals surface area contributed by atoms with Gasteiger partial charge in [0.05, 0.1) is 12.2 Å². The summed E-state index contributed by atoms with van der Waals surface area (Å²) in [6.07, 6.45) is 2.49. The van der Waals surface area contributed by atoms with Crippen LogP contribution in [0.25, 0.3) is 11.5 Å². The highest BCUT2D eigenvalue weighted by molar-refractivity contribution is 5.89. The lowest BCUT2D eigenvalue weighted by Gasteiger charge is -2.37. The van der Waals surface area contributed by atoms with Crippen molar-refractivity contribution < 1.29 is 18.8 Å². The molecule has 0 bridgehead atoms. The Balaban J connectivity index is 1.33. The molecule has 2 aromatic rings. The molecule has 0 radical (unpaired) electrons. The van der Waals surface area contributed by atoms with Crippen LogP contribution in [0.1, 0.15) is 44.9 Å². The smallest absolute Gasteiger partial charge is 0.319 e. The minimum absolute atomic E-state index is 0.0857. The maximum atomic E-state index is 12.4. The van der Waals surface area contributed by atoms with Crippen LogP contribution in [0.15, 0.2) is 28.8 Å². The number of amides is 2. The summed E-state index contributed by atoms with van der Waals surface area (Å²) < 4.78 is 16.7. The van der Waals surface area contributed by atoms with Crippen LogP contribution in [0.2, 0.25) is 0 Å². The first-order valence-electron chi connectivity index (χ1n) is 9.76. The Bertz CT molecular complexity index is 812. The second-order valence-corrected chi connectivity index (χ2v) is 7.81. The Morgan fingerprint density at radius 2 is 2.07 bits per heavy atom. The normalized spacial score (nSPS) is 24.6. The number of nitrogens with zero attached hydrogens (tertiary/aromatic N) is 2. The van der Waals surface area contributed by atoms with E-state index in [2.05, 4.69) is 20.8 Å². The van der Waals surface area contributed by atoms with Crippen LogP contribution in [0.3, 0.4) is 0 Å². The molecule has 4 rings (SSSR count). The number of urea groups is 1. The molecule has 2 saturated heterocycles. The molecule has 150 valence electrons. The van der Waals surface area contributed by atoms with Crippen molar-refractivity contribution in [3.63, 3.8) is 0 Å². The molecule has 2 N–H and O–H groups in total. The van der Waals surface area contributed by atoms with Crippen molar-refractivity contribution in [1.82, 2.24) is 15.5 Å². The van der Waals surface area contributed by atoms with E-state index in [1.165, 1.54) is 0 Å². The summed E-state index contributed by atoms with van der Waals surface area (Å²) in [6, 6.07) is 7.23. The third-order valence-electron chi connectivity index (χ3n) is 5.24. The number of anilines is 1. The largest absolute Gasteiger partial charge is 0.378 e. The van der Waals surface area contributed by atoms with Gasteiger partial charge in [-0.3, -0.25) is 0 Å². The van der Waals surface area contributed by atoms with Crippen molar-refractivity contribution in [3.8, 4) is 11.5 Å². The van der Waals surface area contributed by atoms with E-state index in [1.54, 1.807) is 0 Å². The minimum Gasteiger partial charge on any atom is -0.378 e. The lowest BCUT2D eigenvalue weighted by Crippen LogP contribution is -2.49. The second kappa shape index (κ2) is 7.89. The molecule has 2 amide bonds. The van der Waals surface area contributed by atoms with Gasteiger partial charge in [-0.25, -0.2) is 4.79 Å². The highest BCUT2D eigenvalue weighted by Crippen LogP contribution is 2.32. The van der Waals surface area contributed by atoms with Gasteiger partial charge < -0.3 is 24.6 Å². The highest BCUT2D eigenvalue weighted by atomic mass is 16.6. The van der Waals surface area contributed by atoms with Crippen LogP contribution in [-0.2, 0) is 9.47 Å². The van der Waals surface area contributed by atoms with Gasteiger partial charge in [0.2, 0.25) is 0 Å². The van der Waals surface area contributed by atoms with E-state index in [-0.39, 0.29) is 23.6 Å². The molecular formula is C20H26N4O4. The van der Waals surface area contributed by atoms with Gasteiger partial charge in [-0.1, -0.05) is 19.0 Å². The quantitative estimate of drug-likeness (QED) is 0.836. The molecule has 2 aliphatic heterocycles. The van der Waals surface area contributed by atoms with Gasteiger partial charge in [0, 0.05) is 42.8 Å². The average Bonchev–Trinajstić information content (AvgIpc) is 3.33. The summed E-state index contributed by atoms with van der Waals surface area (Å²) in [5.41, 5.74) is 1.30. The Labute approximate surface area is 164 Å². The predicted molar refractivity (Wildman–Crippen MR) is 103 cm³/mol. The Morgan fingerprint density at radius 3 is 2.75 bits per heavy atom. The van der Waals surface area contributed by atoms with E-state index < -0.39 is 0 Å². The molecular weight excluding hydrogens is 360 g/mol. The fraction of sp³-hybridized carbons (Fsp3) is 0.550. The molecule has 1 aromatic heterocycles. The fourth-order valence-corrected chi connectivity index (χ4v) is 3.65. The van der Waals surface area contributed by atoms with Gasteiger partial charge >= 0.3 is 6.03 Å². The van der Waals surface area contributed by atoms with Crippen LogP contribution in [0, 0.1) is 0 Å². The van der Waals surface area contributed by atoms with Crippen LogP contribution < -0.4 is 10.6 Å². The Kier molecular flexibility index (Phi) is 5.32. The van der Waals surface area contributed by atoms with Crippen molar-refractivity contribution in [3.05, 3.63) is 30.1 Å². The zero-order chi connectivity index (χ0) is 19.6. The molecule has 28 heavy (non-hydrogen) atoms. The summed E-state index contributed by atoms with van der Waals surface area (Å²) in [4.78, 5) is 16.8. The number of nitrogens with one attached hydrogen (secondary N) is 2. The molecule has 1 spiro atoms. The zero-order valence-electron chi connectivity index (χ0n) is 16.2. The SMILES string of the molecule is CC(C)c1noc(-c2ccc(NC(=O)N[C@@H]3CCO[C@@]4(CCOC4)C3)cc2)n1. The standard InChI is InChI=1S/C20H26N4O4/c1-13(2)17-23-18(28-24-17)14-3-5-15(6-4-14)21-19(25)22-16-7-9-27-20(11-16)8-10-26-12-20/h3-6,13,16H,7-12H2,1-2H3,(H2,21,22,25)/t16-,20+/m1/s1. The Morgan fingerprint density at radius 1 is 1.25 bits per heavy atom. The first-order chi connectivity index (χ1) is 13.5. The fourth-order valence-electron chi connectivity index (χ4n) is 3.65. The lowest BCUT2D eigenvalue weighted by molar-refractivity contribution is -0.0877. The van der Waals surface area contributed by atoms with Crippen molar-refractivity contribution in [2.45, 2.75) is 50.7 Å². The highest BCUT2D eigenvalue weighted by Gasteiger charge is 2.41. The maximum absolute atomic E-state index is 12.4.